The lowest BCUT2D eigenvalue weighted by Crippen LogP contribution is -2.30. The first kappa shape index (κ1) is 22.7. The molecular weight excluding hydrogens is 539 g/mol. The maximum Gasteiger partial charge on any atom is 0.333 e. The van der Waals surface area contributed by atoms with Gasteiger partial charge in [-0.3, -0.25) is 4.79 Å². The van der Waals surface area contributed by atoms with Gasteiger partial charge in [-0.1, -0.05) is 59.1 Å². The molecule has 0 bridgehead atoms. The van der Waals surface area contributed by atoms with Gasteiger partial charge in [0.25, 0.3) is 5.91 Å². The molecule has 1 aliphatic heterocycles. The highest BCUT2D eigenvalue weighted by molar-refractivity contribution is 9.10. The number of imide groups is 1. The Balaban J connectivity index is 1.56. The van der Waals surface area contributed by atoms with Crippen molar-refractivity contribution in [3.63, 3.8) is 0 Å². The molecule has 162 valence electrons. The molecule has 1 aliphatic rings. The number of halogens is 4. The molecule has 1 N–H and O–H groups in total. The highest BCUT2D eigenvalue weighted by atomic mass is 79.9. The van der Waals surface area contributed by atoms with Crippen LogP contribution >= 0.6 is 50.7 Å². The van der Waals surface area contributed by atoms with E-state index in [1.54, 1.807) is 48.5 Å². The maximum absolute atomic E-state index is 12.8. The average molecular weight is 553 g/mol. The van der Waals surface area contributed by atoms with Crippen molar-refractivity contribution in [3.8, 4) is 5.75 Å². The van der Waals surface area contributed by atoms with E-state index in [0.29, 0.717) is 36.5 Å². The molecular formula is C23H14BrCl3N2O3. The summed E-state index contributed by atoms with van der Waals surface area (Å²) in [6.45, 7) is 0.238. The van der Waals surface area contributed by atoms with E-state index in [1.165, 1.54) is 0 Å². The second-order valence-electron chi connectivity index (χ2n) is 6.80. The lowest BCUT2D eigenvalue weighted by Gasteiger charge is -2.12. The summed E-state index contributed by atoms with van der Waals surface area (Å²) < 4.78 is 6.43. The van der Waals surface area contributed by atoms with Gasteiger partial charge in [-0.05, 0) is 64.0 Å². The number of urea groups is 1. The fourth-order valence-electron chi connectivity index (χ4n) is 3.12. The van der Waals surface area contributed by atoms with E-state index in [-0.39, 0.29) is 12.3 Å². The van der Waals surface area contributed by atoms with E-state index in [2.05, 4.69) is 21.2 Å². The number of carbonyl (C=O) groups excluding carboxylic acids is 2. The average Bonchev–Trinajstić information content (AvgIpc) is 3.01. The number of hydrogen-bond donors (Lipinski definition) is 1. The summed E-state index contributed by atoms with van der Waals surface area (Å²) in [5, 5.41) is 3.93. The summed E-state index contributed by atoms with van der Waals surface area (Å²) in [6, 6.07) is 16.7. The fourth-order valence-corrected chi connectivity index (χ4v) is 4.48. The molecule has 0 radical (unpaired) electrons. The van der Waals surface area contributed by atoms with Crippen LogP contribution in [0.5, 0.6) is 5.75 Å². The van der Waals surface area contributed by atoms with Crippen molar-refractivity contribution in [2.24, 2.45) is 0 Å². The number of ether oxygens (including phenoxy) is 1. The van der Waals surface area contributed by atoms with Crippen molar-refractivity contribution >= 4 is 74.4 Å². The van der Waals surface area contributed by atoms with Crippen LogP contribution in [-0.2, 0) is 11.4 Å². The van der Waals surface area contributed by atoms with Crippen LogP contribution in [0, 0.1) is 0 Å². The molecule has 0 aliphatic carbocycles. The van der Waals surface area contributed by atoms with Crippen molar-refractivity contribution in [2.45, 2.75) is 6.61 Å². The van der Waals surface area contributed by atoms with Crippen LogP contribution in [0.25, 0.3) is 6.08 Å². The van der Waals surface area contributed by atoms with E-state index in [9.17, 15) is 9.59 Å². The Morgan fingerprint density at radius 3 is 2.47 bits per heavy atom. The van der Waals surface area contributed by atoms with Crippen LogP contribution in [0.4, 0.5) is 10.5 Å². The second-order valence-corrected chi connectivity index (χ2v) is 8.91. The minimum atomic E-state index is -0.562. The maximum atomic E-state index is 12.8. The van der Waals surface area contributed by atoms with Gasteiger partial charge in [-0.25, -0.2) is 9.69 Å². The Hall–Kier alpha value is -2.51. The van der Waals surface area contributed by atoms with Crippen molar-refractivity contribution in [3.05, 3.63) is 97.0 Å². The number of hydrogen-bond acceptors (Lipinski definition) is 3. The van der Waals surface area contributed by atoms with E-state index >= 15 is 0 Å². The Morgan fingerprint density at radius 1 is 0.969 bits per heavy atom. The zero-order chi connectivity index (χ0) is 22.8. The topological polar surface area (TPSA) is 58.6 Å². The summed E-state index contributed by atoms with van der Waals surface area (Å²) in [6.07, 6.45) is 1.54. The van der Waals surface area contributed by atoms with Gasteiger partial charge < -0.3 is 10.1 Å². The lowest BCUT2D eigenvalue weighted by molar-refractivity contribution is -0.113. The summed E-state index contributed by atoms with van der Waals surface area (Å²) in [4.78, 5) is 26.2. The summed E-state index contributed by atoms with van der Waals surface area (Å²) in [7, 11) is 0. The van der Waals surface area contributed by atoms with E-state index in [1.807, 2.05) is 18.2 Å². The lowest BCUT2D eigenvalue weighted by atomic mass is 10.1. The van der Waals surface area contributed by atoms with Crippen molar-refractivity contribution in [1.29, 1.82) is 0 Å². The van der Waals surface area contributed by atoms with Gasteiger partial charge in [-0.15, -0.1) is 0 Å². The van der Waals surface area contributed by atoms with Crippen LogP contribution < -0.4 is 15.0 Å². The highest BCUT2D eigenvalue weighted by Crippen LogP contribution is 2.36. The van der Waals surface area contributed by atoms with Gasteiger partial charge in [0.15, 0.2) is 5.75 Å². The number of anilines is 1. The molecule has 3 aromatic carbocycles. The van der Waals surface area contributed by atoms with Gasteiger partial charge in [0.2, 0.25) is 0 Å². The Morgan fingerprint density at radius 2 is 1.75 bits per heavy atom. The van der Waals surface area contributed by atoms with Crippen molar-refractivity contribution in [1.82, 2.24) is 5.32 Å². The normalized spacial score (nSPS) is 14.8. The first-order valence-electron chi connectivity index (χ1n) is 9.31. The van der Waals surface area contributed by atoms with Crippen molar-refractivity contribution < 1.29 is 14.3 Å². The molecule has 0 unspecified atom stereocenters. The third-order valence-electron chi connectivity index (χ3n) is 4.61. The molecule has 0 spiro atoms. The first-order valence-corrected chi connectivity index (χ1v) is 11.2. The molecule has 3 aromatic rings. The van der Waals surface area contributed by atoms with Gasteiger partial charge >= 0.3 is 6.03 Å². The molecule has 0 atom stereocenters. The van der Waals surface area contributed by atoms with E-state index in [4.69, 9.17) is 39.5 Å². The van der Waals surface area contributed by atoms with Crippen LogP contribution in [-0.4, -0.2) is 11.9 Å². The number of carbonyl (C=O) groups is 2. The smallest absolute Gasteiger partial charge is 0.333 e. The zero-order valence-corrected chi connectivity index (χ0v) is 20.1. The largest absolute Gasteiger partial charge is 0.486 e. The standard InChI is InChI=1S/C23H14BrCl3N2O3/c24-17-8-13(9-19(27)21(17)32-12-14-4-1-2-7-18(14)26)10-20-22(30)29(23(31)28-20)16-6-3-5-15(25)11-16/h1-11H,12H2,(H,28,31)/b20-10+. The van der Waals surface area contributed by atoms with E-state index in [0.717, 1.165) is 10.5 Å². The predicted octanol–water partition coefficient (Wildman–Crippen LogP) is 7.09. The number of nitrogens with zero attached hydrogens (tertiary/aromatic N) is 1. The molecule has 9 heteroatoms. The molecule has 1 heterocycles. The number of rotatable bonds is 5. The first-order chi connectivity index (χ1) is 15.3. The SMILES string of the molecule is O=C1N/C(=C/c2cc(Cl)c(OCc3ccccc3Cl)c(Br)c2)C(=O)N1c1cccc(Cl)c1. The van der Waals surface area contributed by atoms with E-state index < -0.39 is 11.9 Å². The Bertz CT molecular complexity index is 1240. The third kappa shape index (κ3) is 4.79. The van der Waals surface area contributed by atoms with Gasteiger partial charge in [0.1, 0.15) is 12.3 Å². The van der Waals surface area contributed by atoms with Crippen LogP contribution in [0.2, 0.25) is 15.1 Å². The third-order valence-corrected chi connectivity index (χ3v) is 6.08. The van der Waals surface area contributed by atoms with Crippen LogP contribution in [0.15, 0.2) is 70.8 Å². The fraction of sp³-hybridized carbons (Fsp3) is 0.0435. The van der Waals surface area contributed by atoms with Gasteiger partial charge in [0.05, 0.1) is 15.2 Å². The molecule has 0 aromatic heterocycles. The van der Waals surface area contributed by atoms with Crippen LogP contribution in [0.3, 0.4) is 0 Å². The predicted molar refractivity (Wildman–Crippen MR) is 130 cm³/mol. The quantitative estimate of drug-likeness (QED) is 0.272. The highest BCUT2D eigenvalue weighted by Gasteiger charge is 2.35. The summed E-state index contributed by atoms with van der Waals surface area (Å²) >= 11 is 22.0. The van der Waals surface area contributed by atoms with Crippen LogP contribution in [0.1, 0.15) is 11.1 Å². The minimum Gasteiger partial charge on any atom is -0.486 e. The Kier molecular flexibility index (Phi) is 6.76. The molecule has 0 saturated carbocycles. The summed E-state index contributed by atoms with van der Waals surface area (Å²) in [5.41, 5.74) is 1.92. The number of nitrogens with one attached hydrogen (secondary N) is 1. The molecule has 5 nitrogen and oxygen atoms in total. The minimum absolute atomic E-state index is 0.114. The second kappa shape index (κ2) is 9.55. The number of amides is 3. The molecule has 32 heavy (non-hydrogen) atoms. The Labute approximate surface area is 207 Å². The summed E-state index contributed by atoms with van der Waals surface area (Å²) in [5.74, 6) is -0.0559. The number of benzene rings is 3. The zero-order valence-electron chi connectivity index (χ0n) is 16.2. The monoisotopic (exact) mass is 550 g/mol. The van der Waals surface area contributed by atoms with Gasteiger partial charge in [0, 0.05) is 15.6 Å². The van der Waals surface area contributed by atoms with Gasteiger partial charge in [-0.2, -0.15) is 0 Å². The molecule has 1 saturated heterocycles. The molecule has 3 amide bonds. The molecule has 4 rings (SSSR count). The van der Waals surface area contributed by atoms with Crippen molar-refractivity contribution in [2.75, 3.05) is 4.90 Å². The molecule has 1 fully saturated rings.